The molecule has 0 saturated heterocycles. The van der Waals surface area contributed by atoms with Crippen LogP contribution in [-0.4, -0.2) is 8.42 Å². The van der Waals surface area contributed by atoms with Crippen molar-refractivity contribution < 1.29 is 8.42 Å². The van der Waals surface area contributed by atoms with Crippen LogP contribution in [-0.2, 0) is 16.6 Å². The van der Waals surface area contributed by atoms with Gasteiger partial charge in [-0.3, -0.25) is 0 Å². The third kappa shape index (κ3) is 3.51. The molecule has 0 heterocycles. The Kier molecular flexibility index (Phi) is 4.60. The Balaban J connectivity index is 1.90. The molecule has 0 radical (unpaired) electrons. The lowest BCUT2D eigenvalue weighted by Crippen LogP contribution is -2.23. The van der Waals surface area contributed by atoms with E-state index in [1.807, 2.05) is 24.3 Å². The molecule has 0 aliphatic rings. The second-order valence-corrected chi connectivity index (χ2v) is 7.60. The standard InChI is InChI=1S/C17H13Cl2NO2S/c18-15-9-8-12(10-16(15)19)11-20-23(21,22)17-7-3-5-13-4-1-2-6-14(13)17/h1-10,20H,11H2. The minimum atomic E-state index is -3.63. The molecule has 3 rings (SSSR count). The number of hydrogen-bond donors (Lipinski definition) is 1. The summed E-state index contributed by atoms with van der Waals surface area (Å²) in [4.78, 5) is 0.260. The average Bonchev–Trinajstić information content (AvgIpc) is 2.55. The smallest absolute Gasteiger partial charge is 0.207 e. The van der Waals surface area contributed by atoms with Crippen LogP contribution in [0.5, 0.6) is 0 Å². The fourth-order valence-electron chi connectivity index (χ4n) is 2.34. The van der Waals surface area contributed by atoms with Gasteiger partial charge in [0.2, 0.25) is 10.0 Å². The van der Waals surface area contributed by atoms with Crippen LogP contribution in [0, 0.1) is 0 Å². The monoisotopic (exact) mass is 365 g/mol. The van der Waals surface area contributed by atoms with Crippen molar-refractivity contribution in [3.8, 4) is 0 Å². The molecule has 0 bridgehead atoms. The van der Waals surface area contributed by atoms with Crippen molar-refractivity contribution in [3.05, 3.63) is 76.3 Å². The van der Waals surface area contributed by atoms with Gasteiger partial charge in [-0.25, -0.2) is 13.1 Å². The third-order valence-electron chi connectivity index (χ3n) is 3.49. The average molecular weight is 366 g/mol. The van der Waals surface area contributed by atoms with E-state index in [2.05, 4.69) is 4.72 Å². The van der Waals surface area contributed by atoms with E-state index in [0.29, 0.717) is 15.4 Å². The Morgan fingerprint density at radius 3 is 2.39 bits per heavy atom. The van der Waals surface area contributed by atoms with Gasteiger partial charge in [-0.15, -0.1) is 0 Å². The van der Waals surface area contributed by atoms with Crippen LogP contribution in [0.15, 0.2) is 65.6 Å². The first-order valence-electron chi connectivity index (χ1n) is 6.89. The highest BCUT2D eigenvalue weighted by atomic mass is 35.5. The van der Waals surface area contributed by atoms with Gasteiger partial charge in [0.05, 0.1) is 14.9 Å². The van der Waals surface area contributed by atoms with E-state index in [4.69, 9.17) is 23.2 Å². The molecule has 6 heteroatoms. The summed E-state index contributed by atoms with van der Waals surface area (Å²) < 4.78 is 27.8. The Hall–Kier alpha value is -1.59. The van der Waals surface area contributed by atoms with Crippen LogP contribution in [0.2, 0.25) is 10.0 Å². The van der Waals surface area contributed by atoms with E-state index in [1.54, 1.807) is 36.4 Å². The summed E-state index contributed by atoms with van der Waals surface area (Å²) >= 11 is 11.8. The van der Waals surface area contributed by atoms with Crippen LogP contribution in [0.25, 0.3) is 10.8 Å². The number of hydrogen-bond acceptors (Lipinski definition) is 2. The fraction of sp³-hybridized carbons (Fsp3) is 0.0588. The maximum absolute atomic E-state index is 12.6. The van der Waals surface area contributed by atoms with Crippen molar-refractivity contribution >= 4 is 44.0 Å². The number of nitrogens with one attached hydrogen (secondary N) is 1. The molecular weight excluding hydrogens is 353 g/mol. The molecule has 0 aromatic heterocycles. The van der Waals surface area contributed by atoms with Gasteiger partial charge in [0.1, 0.15) is 0 Å². The normalized spacial score (nSPS) is 11.7. The molecule has 0 unspecified atom stereocenters. The highest BCUT2D eigenvalue weighted by molar-refractivity contribution is 7.89. The summed E-state index contributed by atoms with van der Waals surface area (Å²) in [6, 6.07) is 17.6. The van der Waals surface area contributed by atoms with Gasteiger partial charge in [-0.2, -0.15) is 0 Å². The Labute approximate surface area is 144 Å². The highest BCUT2D eigenvalue weighted by Gasteiger charge is 2.16. The molecule has 23 heavy (non-hydrogen) atoms. The topological polar surface area (TPSA) is 46.2 Å². The lowest BCUT2D eigenvalue weighted by molar-refractivity contribution is 0.582. The number of fused-ring (bicyclic) bond motifs is 1. The van der Waals surface area contributed by atoms with Gasteiger partial charge in [0.15, 0.2) is 0 Å². The molecule has 0 aliphatic heterocycles. The van der Waals surface area contributed by atoms with Crippen molar-refractivity contribution in [2.45, 2.75) is 11.4 Å². The largest absolute Gasteiger partial charge is 0.241 e. The van der Waals surface area contributed by atoms with E-state index in [0.717, 1.165) is 10.9 Å². The molecule has 0 fully saturated rings. The molecule has 118 valence electrons. The summed E-state index contributed by atoms with van der Waals surface area (Å²) in [6.07, 6.45) is 0. The zero-order chi connectivity index (χ0) is 16.4. The second-order valence-electron chi connectivity index (χ2n) is 5.05. The van der Waals surface area contributed by atoms with E-state index >= 15 is 0 Å². The number of halogens is 2. The molecular formula is C17H13Cl2NO2S. The molecule has 0 spiro atoms. The first-order valence-corrected chi connectivity index (χ1v) is 9.13. The molecule has 0 atom stereocenters. The molecule has 3 aromatic carbocycles. The van der Waals surface area contributed by atoms with Gasteiger partial charge in [-0.1, -0.05) is 65.7 Å². The van der Waals surface area contributed by atoms with Gasteiger partial charge < -0.3 is 0 Å². The van der Waals surface area contributed by atoms with Crippen LogP contribution >= 0.6 is 23.2 Å². The molecule has 3 aromatic rings. The molecule has 0 aliphatic carbocycles. The summed E-state index contributed by atoms with van der Waals surface area (Å²) in [5.41, 5.74) is 0.739. The lowest BCUT2D eigenvalue weighted by Gasteiger charge is -2.10. The van der Waals surface area contributed by atoms with Crippen molar-refractivity contribution in [3.63, 3.8) is 0 Å². The summed E-state index contributed by atoms with van der Waals surface area (Å²) in [5.74, 6) is 0. The van der Waals surface area contributed by atoms with Gasteiger partial charge in [0, 0.05) is 11.9 Å². The molecule has 0 amide bonds. The van der Waals surface area contributed by atoms with Crippen molar-refractivity contribution in [2.24, 2.45) is 0 Å². The summed E-state index contributed by atoms with van der Waals surface area (Å²) in [7, 11) is -3.63. The maximum atomic E-state index is 12.6. The second kappa shape index (κ2) is 6.49. The zero-order valence-electron chi connectivity index (χ0n) is 12.0. The van der Waals surface area contributed by atoms with Crippen molar-refractivity contribution in [2.75, 3.05) is 0 Å². The maximum Gasteiger partial charge on any atom is 0.241 e. The summed E-state index contributed by atoms with van der Waals surface area (Å²) in [6.45, 7) is 0.141. The van der Waals surface area contributed by atoms with Crippen LogP contribution in [0.3, 0.4) is 0 Å². The Morgan fingerprint density at radius 2 is 1.61 bits per heavy atom. The highest BCUT2D eigenvalue weighted by Crippen LogP contribution is 2.24. The lowest BCUT2D eigenvalue weighted by atomic mass is 10.1. The van der Waals surface area contributed by atoms with E-state index in [1.165, 1.54) is 0 Å². The Bertz CT molecular complexity index is 966. The van der Waals surface area contributed by atoms with Crippen molar-refractivity contribution in [1.29, 1.82) is 0 Å². The number of benzene rings is 3. The number of sulfonamides is 1. The molecule has 0 saturated carbocycles. The molecule has 3 nitrogen and oxygen atoms in total. The first kappa shape index (κ1) is 16.3. The quantitative estimate of drug-likeness (QED) is 0.732. The Morgan fingerprint density at radius 1 is 0.870 bits per heavy atom. The van der Waals surface area contributed by atoms with Crippen LogP contribution < -0.4 is 4.72 Å². The van der Waals surface area contributed by atoms with Gasteiger partial charge in [-0.05, 0) is 29.1 Å². The fourth-order valence-corrected chi connectivity index (χ4v) is 3.90. The van der Waals surface area contributed by atoms with Crippen LogP contribution in [0.1, 0.15) is 5.56 Å². The predicted molar refractivity (Wildman–Crippen MR) is 94.4 cm³/mol. The SMILES string of the molecule is O=S(=O)(NCc1ccc(Cl)c(Cl)c1)c1cccc2ccccc12. The van der Waals surface area contributed by atoms with Gasteiger partial charge >= 0.3 is 0 Å². The molecule has 1 N–H and O–H groups in total. The van der Waals surface area contributed by atoms with Crippen LogP contribution in [0.4, 0.5) is 0 Å². The van der Waals surface area contributed by atoms with Crippen molar-refractivity contribution in [1.82, 2.24) is 4.72 Å². The predicted octanol–water partition coefficient (Wildman–Crippen LogP) is 4.63. The number of rotatable bonds is 4. The third-order valence-corrected chi connectivity index (χ3v) is 5.69. The zero-order valence-corrected chi connectivity index (χ0v) is 14.3. The van der Waals surface area contributed by atoms with E-state index in [9.17, 15) is 8.42 Å². The minimum absolute atomic E-state index is 0.141. The minimum Gasteiger partial charge on any atom is -0.207 e. The van der Waals surface area contributed by atoms with Gasteiger partial charge in [0.25, 0.3) is 0 Å². The van der Waals surface area contributed by atoms with E-state index in [-0.39, 0.29) is 11.4 Å². The summed E-state index contributed by atoms with van der Waals surface area (Å²) in [5, 5.41) is 2.41. The van der Waals surface area contributed by atoms with E-state index < -0.39 is 10.0 Å². The first-order chi connectivity index (χ1) is 11.0.